The summed E-state index contributed by atoms with van der Waals surface area (Å²) in [5.41, 5.74) is 4.04. The van der Waals surface area contributed by atoms with Crippen molar-refractivity contribution in [2.24, 2.45) is 5.92 Å². The van der Waals surface area contributed by atoms with Crippen LogP contribution in [0.15, 0.2) is 35.8 Å². The maximum Gasteiger partial charge on any atom is 0.272 e. The molecule has 2 unspecified atom stereocenters. The van der Waals surface area contributed by atoms with Gasteiger partial charge in [0.2, 0.25) is 0 Å². The number of carbonyl (C=O) groups excluding carboxylic acids is 1. The van der Waals surface area contributed by atoms with Crippen LogP contribution in [0.4, 0.5) is 0 Å². The van der Waals surface area contributed by atoms with Crippen LogP contribution in [0.3, 0.4) is 0 Å². The Morgan fingerprint density at radius 3 is 2.74 bits per heavy atom. The zero-order chi connectivity index (χ0) is 18.4. The van der Waals surface area contributed by atoms with Crippen molar-refractivity contribution in [1.82, 2.24) is 14.3 Å². The maximum atomic E-state index is 13.4. The summed E-state index contributed by atoms with van der Waals surface area (Å²) in [5, 5.41) is 1.98. The number of fused-ring (bicyclic) bond motifs is 2. The van der Waals surface area contributed by atoms with Gasteiger partial charge in [-0.15, -0.1) is 11.3 Å². The van der Waals surface area contributed by atoms with Crippen molar-refractivity contribution < 1.29 is 4.79 Å². The summed E-state index contributed by atoms with van der Waals surface area (Å²) in [6, 6.07) is 8.84. The van der Waals surface area contributed by atoms with E-state index in [0.29, 0.717) is 12.0 Å². The molecule has 3 heterocycles. The zero-order valence-corrected chi connectivity index (χ0v) is 16.5. The molecule has 4 nitrogen and oxygen atoms in total. The average Bonchev–Trinajstić information content (AvgIpc) is 3.28. The number of aromatic nitrogens is 2. The second-order valence-electron chi connectivity index (χ2n) is 8.02. The van der Waals surface area contributed by atoms with E-state index in [4.69, 9.17) is 4.98 Å². The number of amides is 1. The number of hydrogen-bond donors (Lipinski definition) is 0. The predicted molar refractivity (Wildman–Crippen MR) is 109 cm³/mol. The molecule has 2 fully saturated rings. The summed E-state index contributed by atoms with van der Waals surface area (Å²) in [7, 11) is 0. The van der Waals surface area contributed by atoms with Crippen molar-refractivity contribution in [3.8, 4) is 11.3 Å². The van der Waals surface area contributed by atoms with Crippen molar-refractivity contribution in [2.45, 2.75) is 51.5 Å². The van der Waals surface area contributed by atoms with Gasteiger partial charge in [0.05, 0.1) is 5.69 Å². The zero-order valence-electron chi connectivity index (χ0n) is 15.7. The first-order valence-electron chi connectivity index (χ1n) is 10.1. The third-order valence-corrected chi connectivity index (χ3v) is 7.12. The number of likely N-dealkylation sites (tertiary alicyclic amines) is 1. The lowest BCUT2D eigenvalue weighted by atomic mass is 9.78. The normalized spacial score (nSPS) is 22.8. The third-order valence-electron chi connectivity index (χ3n) is 6.28. The number of carbonyl (C=O) groups is 1. The van der Waals surface area contributed by atoms with Gasteiger partial charge in [-0.05, 0) is 38.5 Å². The molecular weight excluding hydrogens is 354 g/mol. The van der Waals surface area contributed by atoms with Crippen molar-refractivity contribution in [3.05, 3.63) is 47.1 Å². The Balaban J connectivity index is 1.47. The van der Waals surface area contributed by atoms with Gasteiger partial charge in [-0.3, -0.25) is 9.20 Å². The highest BCUT2D eigenvalue weighted by Crippen LogP contribution is 2.36. The molecule has 1 saturated heterocycles. The van der Waals surface area contributed by atoms with Gasteiger partial charge in [-0.2, -0.15) is 0 Å². The number of benzene rings is 1. The maximum absolute atomic E-state index is 13.4. The topological polar surface area (TPSA) is 37.6 Å². The van der Waals surface area contributed by atoms with Crippen molar-refractivity contribution >= 4 is 22.2 Å². The van der Waals surface area contributed by atoms with E-state index in [0.717, 1.165) is 34.9 Å². The van der Waals surface area contributed by atoms with E-state index in [1.54, 1.807) is 11.3 Å². The molecule has 3 aromatic rings. The summed E-state index contributed by atoms with van der Waals surface area (Å²) < 4.78 is 1.99. The van der Waals surface area contributed by atoms with E-state index in [9.17, 15) is 4.79 Å². The first kappa shape index (κ1) is 17.0. The molecule has 27 heavy (non-hydrogen) atoms. The van der Waals surface area contributed by atoms with Crippen LogP contribution in [0, 0.1) is 12.8 Å². The SMILES string of the molecule is Cc1ccc(-c2cn3c(C(=O)N4CCCC5CCCCC54)csc3n2)cc1. The van der Waals surface area contributed by atoms with Crippen LogP contribution in [-0.4, -0.2) is 32.8 Å². The van der Waals surface area contributed by atoms with Crippen LogP contribution in [0.5, 0.6) is 0 Å². The van der Waals surface area contributed by atoms with E-state index < -0.39 is 0 Å². The quantitative estimate of drug-likeness (QED) is 0.616. The smallest absolute Gasteiger partial charge is 0.272 e. The van der Waals surface area contributed by atoms with Crippen molar-refractivity contribution in [1.29, 1.82) is 0 Å². The highest BCUT2D eigenvalue weighted by molar-refractivity contribution is 7.15. The molecule has 0 spiro atoms. The number of aryl methyl sites for hydroxylation is 1. The van der Waals surface area contributed by atoms with E-state index in [-0.39, 0.29) is 5.91 Å². The van der Waals surface area contributed by atoms with Gasteiger partial charge in [-0.25, -0.2) is 4.98 Å². The second-order valence-corrected chi connectivity index (χ2v) is 8.85. The number of rotatable bonds is 2. The Labute approximate surface area is 163 Å². The Bertz CT molecular complexity index is 969. The van der Waals surface area contributed by atoms with E-state index >= 15 is 0 Å². The van der Waals surface area contributed by atoms with Gasteiger partial charge >= 0.3 is 0 Å². The van der Waals surface area contributed by atoms with Crippen LogP contribution in [0.25, 0.3) is 16.2 Å². The third kappa shape index (κ3) is 2.98. The van der Waals surface area contributed by atoms with Gasteiger partial charge in [0, 0.05) is 29.7 Å². The number of thiazole rings is 1. The largest absolute Gasteiger partial charge is 0.334 e. The van der Waals surface area contributed by atoms with E-state index in [1.807, 2.05) is 16.0 Å². The van der Waals surface area contributed by atoms with Gasteiger partial charge in [0.25, 0.3) is 5.91 Å². The molecular formula is C22H25N3OS. The molecule has 0 bridgehead atoms. The van der Waals surface area contributed by atoms with Crippen LogP contribution in [0.2, 0.25) is 0 Å². The average molecular weight is 380 g/mol. The molecule has 2 aliphatic rings. The van der Waals surface area contributed by atoms with Crippen LogP contribution >= 0.6 is 11.3 Å². The lowest BCUT2D eigenvalue weighted by Crippen LogP contribution is -2.49. The molecule has 1 aromatic carbocycles. The van der Waals surface area contributed by atoms with E-state index in [1.165, 1.54) is 37.7 Å². The van der Waals surface area contributed by atoms with Crippen LogP contribution in [0.1, 0.15) is 54.6 Å². The minimum Gasteiger partial charge on any atom is -0.334 e. The summed E-state index contributed by atoms with van der Waals surface area (Å²) in [4.78, 5) is 21.2. The number of hydrogen-bond acceptors (Lipinski definition) is 3. The Hall–Kier alpha value is -2.14. The number of piperidine rings is 1. The van der Waals surface area contributed by atoms with Crippen molar-refractivity contribution in [3.63, 3.8) is 0 Å². The van der Waals surface area contributed by atoms with E-state index in [2.05, 4.69) is 36.1 Å². The lowest BCUT2D eigenvalue weighted by molar-refractivity contribution is 0.0384. The first-order chi connectivity index (χ1) is 13.2. The molecule has 1 saturated carbocycles. The molecule has 140 valence electrons. The summed E-state index contributed by atoms with van der Waals surface area (Å²) in [6.45, 7) is 2.99. The molecule has 2 atom stereocenters. The van der Waals surface area contributed by atoms with Crippen LogP contribution in [-0.2, 0) is 0 Å². The Morgan fingerprint density at radius 1 is 1.11 bits per heavy atom. The number of nitrogens with zero attached hydrogens (tertiary/aromatic N) is 3. The first-order valence-corrected chi connectivity index (χ1v) is 10.9. The molecule has 5 rings (SSSR count). The van der Waals surface area contributed by atoms with Gasteiger partial charge in [0.1, 0.15) is 5.69 Å². The predicted octanol–water partition coefficient (Wildman–Crippen LogP) is 5.17. The fourth-order valence-corrected chi connectivity index (χ4v) is 5.67. The molecule has 1 aliphatic carbocycles. The summed E-state index contributed by atoms with van der Waals surface area (Å²) in [6.07, 6.45) is 9.49. The van der Waals surface area contributed by atoms with Gasteiger partial charge in [-0.1, -0.05) is 42.7 Å². The minimum absolute atomic E-state index is 0.186. The fraction of sp³-hybridized carbons (Fsp3) is 0.455. The molecule has 2 aromatic heterocycles. The Morgan fingerprint density at radius 2 is 1.89 bits per heavy atom. The second kappa shape index (κ2) is 6.79. The molecule has 5 heteroatoms. The molecule has 1 aliphatic heterocycles. The monoisotopic (exact) mass is 379 g/mol. The lowest BCUT2D eigenvalue weighted by Gasteiger charge is -2.44. The summed E-state index contributed by atoms with van der Waals surface area (Å²) in [5.74, 6) is 0.891. The standard InChI is InChI=1S/C22H25N3OS/c1-15-8-10-16(11-9-15)18-13-25-20(14-27-22(25)23-18)21(26)24-12-4-6-17-5-2-3-7-19(17)24/h8-11,13-14,17,19H,2-7,12H2,1H3. The Kier molecular flexibility index (Phi) is 4.27. The highest BCUT2D eigenvalue weighted by atomic mass is 32.1. The van der Waals surface area contributed by atoms with Crippen LogP contribution < -0.4 is 0 Å². The van der Waals surface area contributed by atoms with Crippen molar-refractivity contribution in [2.75, 3.05) is 6.54 Å². The molecule has 0 radical (unpaired) electrons. The highest BCUT2D eigenvalue weighted by Gasteiger charge is 2.36. The molecule has 0 N–H and O–H groups in total. The number of imidazole rings is 1. The summed E-state index contributed by atoms with van der Waals surface area (Å²) >= 11 is 1.56. The minimum atomic E-state index is 0.186. The van der Waals surface area contributed by atoms with Gasteiger partial charge in [0.15, 0.2) is 4.96 Å². The van der Waals surface area contributed by atoms with Gasteiger partial charge < -0.3 is 4.90 Å². The fourth-order valence-electron chi connectivity index (χ4n) is 4.83. The molecule has 1 amide bonds.